The molecular weight excluding hydrogens is 410 g/mol. The van der Waals surface area contributed by atoms with Crippen LogP contribution in [0, 0.1) is 6.92 Å². The lowest BCUT2D eigenvalue weighted by molar-refractivity contribution is 0.687. The molecule has 0 radical (unpaired) electrons. The highest BCUT2D eigenvalue weighted by Crippen LogP contribution is 2.24. The number of hydrogen-bond donors (Lipinski definition) is 0. The third-order valence-electron chi connectivity index (χ3n) is 5.31. The van der Waals surface area contributed by atoms with E-state index in [4.69, 9.17) is 0 Å². The Labute approximate surface area is 182 Å². The zero-order chi connectivity index (χ0) is 21.4. The molecule has 9 heteroatoms. The first-order valence-electron chi connectivity index (χ1n) is 10.1. The molecule has 0 spiro atoms. The molecule has 31 heavy (non-hydrogen) atoms. The van der Waals surface area contributed by atoms with Gasteiger partial charge in [0.1, 0.15) is 11.6 Å². The van der Waals surface area contributed by atoms with Crippen LogP contribution in [-0.2, 0) is 18.8 Å². The highest BCUT2D eigenvalue weighted by Gasteiger charge is 2.17. The summed E-state index contributed by atoms with van der Waals surface area (Å²) in [4.78, 5) is 12.8. The van der Waals surface area contributed by atoms with E-state index in [9.17, 15) is 4.79 Å². The highest BCUT2D eigenvalue weighted by molar-refractivity contribution is 7.98. The van der Waals surface area contributed by atoms with E-state index in [2.05, 4.69) is 37.1 Å². The van der Waals surface area contributed by atoms with Crippen LogP contribution in [0.15, 0.2) is 64.5 Å². The minimum Gasteiger partial charge on any atom is -0.302 e. The first-order valence-corrected chi connectivity index (χ1v) is 11.1. The van der Waals surface area contributed by atoms with Crippen LogP contribution in [0.2, 0.25) is 0 Å². The fourth-order valence-corrected chi connectivity index (χ4v) is 4.63. The molecule has 0 bridgehead atoms. The predicted molar refractivity (Wildman–Crippen MR) is 120 cm³/mol. The van der Waals surface area contributed by atoms with Crippen LogP contribution in [-0.4, -0.2) is 33.9 Å². The number of para-hydroxylation sites is 1. The first-order chi connectivity index (χ1) is 15.2. The zero-order valence-electron chi connectivity index (χ0n) is 17.3. The molecule has 0 aliphatic heterocycles. The summed E-state index contributed by atoms with van der Waals surface area (Å²) in [5.41, 5.74) is 1.96. The molecule has 3 aromatic heterocycles. The second-order valence-electron chi connectivity index (χ2n) is 7.21. The van der Waals surface area contributed by atoms with Crippen molar-refractivity contribution in [3.8, 4) is 0 Å². The molecule has 0 aliphatic carbocycles. The Hall–Kier alpha value is -3.46. The van der Waals surface area contributed by atoms with Gasteiger partial charge in [0.15, 0.2) is 5.16 Å². The van der Waals surface area contributed by atoms with Gasteiger partial charge >= 0.3 is 0 Å². The van der Waals surface area contributed by atoms with Gasteiger partial charge in [-0.15, -0.1) is 20.4 Å². The lowest BCUT2D eigenvalue weighted by Gasteiger charge is -2.10. The molecule has 0 saturated carbocycles. The van der Waals surface area contributed by atoms with Crippen molar-refractivity contribution in [2.75, 3.05) is 0 Å². The van der Waals surface area contributed by atoms with Crippen molar-refractivity contribution in [2.45, 2.75) is 37.8 Å². The molecular formula is C22H21N7OS. The second kappa shape index (κ2) is 7.99. The molecule has 0 fully saturated rings. The summed E-state index contributed by atoms with van der Waals surface area (Å²) in [6, 6.07) is 17.8. The number of rotatable bonds is 6. The Bertz CT molecular complexity index is 1440. The molecule has 5 rings (SSSR count). The van der Waals surface area contributed by atoms with E-state index in [-0.39, 0.29) is 5.56 Å². The maximum Gasteiger partial charge on any atom is 0.262 e. The Morgan fingerprint density at radius 3 is 2.48 bits per heavy atom. The molecule has 0 atom stereocenters. The minimum atomic E-state index is -0.0459. The van der Waals surface area contributed by atoms with Crippen molar-refractivity contribution in [3.63, 3.8) is 0 Å². The third-order valence-corrected chi connectivity index (χ3v) is 6.27. The molecule has 0 saturated heterocycles. The standard InChI is InChI=1S/C22H21N7OS/c1-3-27-20(30)17-11-7-8-12-18(17)29-19(24-25-21(27)29)14-31-22-26-23-15(2)28(22)13-16-9-5-4-6-10-16/h4-12H,3,13-14H2,1-2H3. The lowest BCUT2D eigenvalue weighted by Crippen LogP contribution is -2.22. The van der Waals surface area contributed by atoms with Crippen molar-refractivity contribution in [1.82, 2.24) is 33.9 Å². The van der Waals surface area contributed by atoms with Gasteiger partial charge < -0.3 is 4.57 Å². The largest absolute Gasteiger partial charge is 0.302 e. The number of thioether (sulfide) groups is 1. The lowest BCUT2D eigenvalue weighted by atomic mass is 10.2. The fourth-order valence-electron chi connectivity index (χ4n) is 3.74. The smallest absolute Gasteiger partial charge is 0.262 e. The van der Waals surface area contributed by atoms with Gasteiger partial charge in [0.25, 0.3) is 5.56 Å². The minimum absolute atomic E-state index is 0.0459. The summed E-state index contributed by atoms with van der Waals surface area (Å²) in [6.45, 7) is 5.14. The van der Waals surface area contributed by atoms with Crippen LogP contribution in [0.5, 0.6) is 0 Å². The molecule has 0 N–H and O–H groups in total. The molecule has 8 nitrogen and oxygen atoms in total. The van der Waals surface area contributed by atoms with E-state index in [0.29, 0.717) is 30.0 Å². The fraction of sp³-hybridized carbons (Fsp3) is 0.227. The van der Waals surface area contributed by atoms with Crippen molar-refractivity contribution >= 4 is 28.4 Å². The van der Waals surface area contributed by atoms with Gasteiger partial charge in [0.05, 0.1) is 23.2 Å². The quantitative estimate of drug-likeness (QED) is 0.384. The first kappa shape index (κ1) is 19.5. The maximum absolute atomic E-state index is 12.8. The Kier molecular flexibility index (Phi) is 5.03. The predicted octanol–water partition coefficient (Wildman–Crippen LogP) is 3.30. The van der Waals surface area contributed by atoms with Gasteiger partial charge in [-0.05, 0) is 31.5 Å². The number of benzene rings is 2. The number of aryl methyl sites for hydroxylation is 2. The SMILES string of the molecule is CCn1c(=O)c2ccccc2n2c(CSc3nnc(C)n3Cc3ccccc3)nnc12. The zero-order valence-corrected chi connectivity index (χ0v) is 18.1. The Morgan fingerprint density at radius 1 is 0.903 bits per heavy atom. The molecule has 5 aromatic rings. The summed E-state index contributed by atoms with van der Waals surface area (Å²) in [7, 11) is 0. The number of aromatic nitrogens is 7. The van der Waals surface area contributed by atoms with E-state index in [1.165, 1.54) is 5.56 Å². The van der Waals surface area contributed by atoms with Gasteiger partial charge in [0.2, 0.25) is 5.78 Å². The maximum atomic E-state index is 12.8. The summed E-state index contributed by atoms with van der Waals surface area (Å²) < 4.78 is 5.73. The topological polar surface area (TPSA) is 82.9 Å². The summed E-state index contributed by atoms with van der Waals surface area (Å²) in [5, 5.41) is 18.8. The molecule has 156 valence electrons. The normalized spacial score (nSPS) is 11.5. The van der Waals surface area contributed by atoms with Crippen LogP contribution in [0.1, 0.15) is 24.1 Å². The molecule has 2 aromatic carbocycles. The summed E-state index contributed by atoms with van der Waals surface area (Å²) in [6.07, 6.45) is 0. The van der Waals surface area contributed by atoms with Crippen LogP contribution in [0.25, 0.3) is 16.7 Å². The van der Waals surface area contributed by atoms with Crippen molar-refractivity contribution in [1.29, 1.82) is 0 Å². The van der Waals surface area contributed by atoms with E-state index < -0.39 is 0 Å². The summed E-state index contributed by atoms with van der Waals surface area (Å²) >= 11 is 1.56. The second-order valence-corrected chi connectivity index (χ2v) is 8.15. The molecule has 0 aliphatic rings. The Morgan fingerprint density at radius 2 is 1.68 bits per heavy atom. The summed E-state index contributed by atoms with van der Waals surface area (Å²) in [5.74, 6) is 2.75. The number of fused-ring (bicyclic) bond motifs is 3. The monoisotopic (exact) mass is 431 g/mol. The van der Waals surface area contributed by atoms with Crippen LogP contribution >= 0.6 is 11.8 Å². The van der Waals surface area contributed by atoms with E-state index in [1.807, 2.05) is 60.7 Å². The van der Waals surface area contributed by atoms with Gasteiger partial charge in [0, 0.05) is 6.54 Å². The van der Waals surface area contributed by atoms with Gasteiger partial charge in [-0.25, -0.2) is 0 Å². The van der Waals surface area contributed by atoms with Crippen LogP contribution in [0.4, 0.5) is 0 Å². The van der Waals surface area contributed by atoms with Crippen LogP contribution in [0.3, 0.4) is 0 Å². The molecule has 3 heterocycles. The van der Waals surface area contributed by atoms with Crippen molar-refractivity contribution < 1.29 is 0 Å². The van der Waals surface area contributed by atoms with Gasteiger partial charge in [-0.2, -0.15) is 0 Å². The number of hydrogen-bond acceptors (Lipinski definition) is 6. The van der Waals surface area contributed by atoms with E-state index >= 15 is 0 Å². The highest BCUT2D eigenvalue weighted by atomic mass is 32.2. The third kappa shape index (κ3) is 3.40. The van der Waals surface area contributed by atoms with E-state index in [0.717, 1.165) is 22.3 Å². The van der Waals surface area contributed by atoms with Crippen molar-refractivity contribution in [3.05, 3.63) is 82.2 Å². The Balaban J connectivity index is 1.52. The molecule has 0 unspecified atom stereocenters. The average molecular weight is 432 g/mol. The van der Waals surface area contributed by atoms with E-state index in [1.54, 1.807) is 16.3 Å². The van der Waals surface area contributed by atoms with Gasteiger partial charge in [-0.1, -0.05) is 54.2 Å². The number of nitrogens with zero attached hydrogens (tertiary/aromatic N) is 7. The average Bonchev–Trinajstić information content (AvgIpc) is 3.37. The van der Waals surface area contributed by atoms with Crippen LogP contribution < -0.4 is 5.56 Å². The molecule has 0 amide bonds. The van der Waals surface area contributed by atoms with Crippen molar-refractivity contribution in [2.24, 2.45) is 0 Å². The van der Waals surface area contributed by atoms with Gasteiger partial charge in [-0.3, -0.25) is 13.8 Å².